The average Bonchev–Trinajstić information content (AvgIpc) is 2.62. The number of aryl methyl sites for hydroxylation is 1. The molecule has 25 heavy (non-hydrogen) atoms. The van der Waals surface area contributed by atoms with Crippen LogP contribution < -0.4 is 4.31 Å². The minimum Gasteiger partial charge on any atom is -0.342 e. The Hall–Kier alpha value is -2.34. The second kappa shape index (κ2) is 8.16. The molecule has 0 atom stereocenters. The van der Waals surface area contributed by atoms with Gasteiger partial charge in [0.2, 0.25) is 5.91 Å². The van der Waals surface area contributed by atoms with E-state index in [4.69, 9.17) is 0 Å². The summed E-state index contributed by atoms with van der Waals surface area (Å²) in [6.07, 6.45) is 0. The summed E-state index contributed by atoms with van der Waals surface area (Å²) in [7, 11) is -3.84. The van der Waals surface area contributed by atoms with Crippen molar-refractivity contribution in [2.24, 2.45) is 0 Å². The zero-order chi connectivity index (χ0) is 18.4. The van der Waals surface area contributed by atoms with Gasteiger partial charge < -0.3 is 4.90 Å². The SMILES string of the molecule is CCN(CC)C(=O)CN(c1ccccc1C)S(=O)(=O)c1ccccc1. The standard InChI is InChI=1S/C19H24N2O3S/c1-4-20(5-2)19(22)15-21(18-14-10-9-11-16(18)3)25(23,24)17-12-7-6-8-13-17/h6-14H,4-5,15H2,1-3H3. The summed E-state index contributed by atoms with van der Waals surface area (Å²) in [6, 6.07) is 15.4. The van der Waals surface area contributed by atoms with Crippen molar-refractivity contribution in [1.82, 2.24) is 4.90 Å². The topological polar surface area (TPSA) is 57.7 Å². The molecule has 0 spiro atoms. The van der Waals surface area contributed by atoms with Gasteiger partial charge in [-0.2, -0.15) is 0 Å². The molecule has 134 valence electrons. The molecule has 0 bridgehead atoms. The monoisotopic (exact) mass is 360 g/mol. The van der Waals surface area contributed by atoms with E-state index < -0.39 is 10.0 Å². The molecule has 0 N–H and O–H groups in total. The van der Waals surface area contributed by atoms with Crippen molar-refractivity contribution >= 4 is 21.6 Å². The molecule has 6 heteroatoms. The van der Waals surface area contributed by atoms with E-state index in [1.807, 2.05) is 32.9 Å². The molecule has 0 aliphatic heterocycles. The molecule has 0 aliphatic rings. The Labute approximate surface area is 149 Å². The van der Waals surface area contributed by atoms with E-state index in [2.05, 4.69) is 0 Å². The van der Waals surface area contributed by atoms with Crippen LogP contribution in [-0.2, 0) is 14.8 Å². The van der Waals surface area contributed by atoms with Gasteiger partial charge in [-0.25, -0.2) is 8.42 Å². The molecule has 0 unspecified atom stereocenters. The van der Waals surface area contributed by atoms with Gasteiger partial charge in [0.15, 0.2) is 0 Å². The van der Waals surface area contributed by atoms with Gasteiger partial charge in [-0.15, -0.1) is 0 Å². The summed E-state index contributed by atoms with van der Waals surface area (Å²) in [6.45, 7) is 6.47. The van der Waals surface area contributed by atoms with Crippen LogP contribution in [0.2, 0.25) is 0 Å². The first kappa shape index (κ1) is 19.0. The zero-order valence-electron chi connectivity index (χ0n) is 14.8. The van der Waals surface area contributed by atoms with Gasteiger partial charge in [0.05, 0.1) is 10.6 Å². The molecule has 0 aromatic heterocycles. The van der Waals surface area contributed by atoms with Crippen molar-refractivity contribution in [3.8, 4) is 0 Å². The van der Waals surface area contributed by atoms with Crippen LogP contribution in [0.1, 0.15) is 19.4 Å². The summed E-state index contributed by atoms with van der Waals surface area (Å²) >= 11 is 0. The van der Waals surface area contributed by atoms with Crippen LogP contribution in [0.25, 0.3) is 0 Å². The highest BCUT2D eigenvalue weighted by atomic mass is 32.2. The van der Waals surface area contributed by atoms with E-state index in [1.165, 1.54) is 4.31 Å². The zero-order valence-corrected chi connectivity index (χ0v) is 15.7. The van der Waals surface area contributed by atoms with Gasteiger partial charge in [-0.05, 0) is 44.5 Å². The van der Waals surface area contributed by atoms with E-state index in [0.717, 1.165) is 5.56 Å². The molecule has 0 fully saturated rings. The van der Waals surface area contributed by atoms with Crippen LogP contribution in [0, 0.1) is 6.92 Å². The molecule has 1 amide bonds. The number of sulfonamides is 1. The Balaban J connectivity index is 2.50. The maximum atomic E-state index is 13.2. The third kappa shape index (κ3) is 4.20. The lowest BCUT2D eigenvalue weighted by Gasteiger charge is -2.28. The molecular weight excluding hydrogens is 336 g/mol. The lowest BCUT2D eigenvalue weighted by molar-refractivity contribution is -0.129. The largest absolute Gasteiger partial charge is 0.342 e. The molecule has 5 nitrogen and oxygen atoms in total. The first-order valence-corrected chi connectivity index (χ1v) is 9.77. The summed E-state index contributed by atoms with van der Waals surface area (Å²) in [5, 5.41) is 0. The number of carbonyl (C=O) groups excluding carboxylic acids is 1. The molecule has 0 aliphatic carbocycles. The molecule has 0 saturated carbocycles. The van der Waals surface area contributed by atoms with Crippen molar-refractivity contribution in [3.63, 3.8) is 0 Å². The highest BCUT2D eigenvalue weighted by Gasteiger charge is 2.29. The van der Waals surface area contributed by atoms with Crippen LogP contribution in [-0.4, -0.2) is 38.9 Å². The molecule has 0 radical (unpaired) electrons. The molecule has 2 aromatic rings. The molecule has 2 rings (SSSR count). The normalized spacial score (nSPS) is 11.2. The molecule has 0 saturated heterocycles. The third-order valence-corrected chi connectivity index (χ3v) is 5.88. The van der Waals surface area contributed by atoms with Gasteiger partial charge in [-0.3, -0.25) is 9.10 Å². The number of hydrogen-bond donors (Lipinski definition) is 0. The van der Waals surface area contributed by atoms with E-state index in [-0.39, 0.29) is 17.3 Å². The fourth-order valence-electron chi connectivity index (χ4n) is 2.66. The number of carbonyl (C=O) groups is 1. The quantitative estimate of drug-likeness (QED) is 0.762. The second-order valence-electron chi connectivity index (χ2n) is 5.68. The Bertz CT molecular complexity index is 816. The van der Waals surface area contributed by atoms with Crippen molar-refractivity contribution < 1.29 is 13.2 Å². The van der Waals surface area contributed by atoms with Gasteiger partial charge in [0.1, 0.15) is 6.54 Å². The number of benzene rings is 2. The fourth-order valence-corrected chi connectivity index (χ4v) is 4.16. The number of anilines is 1. The number of nitrogens with zero attached hydrogens (tertiary/aromatic N) is 2. The van der Waals surface area contributed by atoms with E-state index in [9.17, 15) is 13.2 Å². The van der Waals surface area contributed by atoms with Gasteiger partial charge >= 0.3 is 0 Å². The van der Waals surface area contributed by atoms with Crippen LogP contribution >= 0.6 is 0 Å². The minimum atomic E-state index is -3.84. The van der Waals surface area contributed by atoms with Crippen LogP contribution in [0.15, 0.2) is 59.5 Å². The highest BCUT2D eigenvalue weighted by molar-refractivity contribution is 7.92. The number of para-hydroxylation sites is 1. The second-order valence-corrected chi connectivity index (χ2v) is 7.54. The van der Waals surface area contributed by atoms with Gasteiger partial charge in [0.25, 0.3) is 10.0 Å². The first-order valence-electron chi connectivity index (χ1n) is 8.33. The third-order valence-electron chi connectivity index (χ3n) is 4.11. The number of rotatable bonds is 7. The van der Waals surface area contributed by atoms with E-state index in [0.29, 0.717) is 18.8 Å². The molecule has 2 aromatic carbocycles. The maximum absolute atomic E-state index is 13.2. The van der Waals surface area contributed by atoms with Crippen molar-refractivity contribution in [2.75, 3.05) is 23.9 Å². The summed E-state index contributed by atoms with van der Waals surface area (Å²) in [4.78, 5) is 14.4. The number of amides is 1. The highest BCUT2D eigenvalue weighted by Crippen LogP contribution is 2.26. The lowest BCUT2D eigenvalue weighted by Crippen LogP contribution is -2.43. The summed E-state index contributed by atoms with van der Waals surface area (Å²) in [5.74, 6) is -0.215. The van der Waals surface area contributed by atoms with Crippen molar-refractivity contribution in [2.45, 2.75) is 25.7 Å². The van der Waals surface area contributed by atoms with Crippen LogP contribution in [0.4, 0.5) is 5.69 Å². The first-order chi connectivity index (χ1) is 11.9. The Morgan fingerprint density at radius 2 is 1.48 bits per heavy atom. The molecule has 0 heterocycles. The number of likely N-dealkylation sites (N-methyl/N-ethyl adjacent to an activating group) is 1. The minimum absolute atomic E-state index is 0.172. The predicted molar refractivity (Wildman–Crippen MR) is 100 cm³/mol. The lowest BCUT2D eigenvalue weighted by atomic mass is 10.2. The van der Waals surface area contributed by atoms with E-state index >= 15 is 0 Å². The number of hydrogen-bond acceptors (Lipinski definition) is 3. The van der Waals surface area contributed by atoms with Gasteiger partial charge in [0, 0.05) is 13.1 Å². The smallest absolute Gasteiger partial charge is 0.264 e. The molecular formula is C19H24N2O3S. The van der Waals surface area contributed by atoms with Crippen LogP contribution in [0.5, 0.6) is 0 Å². The Morgan fingerprint density at radius 1 is 0.920 bits per heavy atom. The Morgan fingerprint density at radius 3 is 2.04 bits per heavy atom. The van der Waals surface area contributed by atoms with Gasteiger partial charge in [-0.1, -0.05) is 36.4 Å². The predicted octanol–water partition coefficient (Wildman–Crippen LogP) is 3.06. The Kier molecular flexibility index (Phi) is 6.20. The van der Waals surface area contributed by atoms with E-state index in [1.54, 1.807) is 47.4 Å². The summed E-state index contributed by atoms with van der Waals surface area (Å²) < 4.78 is 27.6. The summed E-state index contributed by atoms with van der Waals surface area (Å²) in [5.41, 5.74) is 1.32. The van der Waals surface area contributed by atoms with Crippen molar-refractivity contribution in [3.05, 3.63) is 60.2 Å². The maximum Gasteiger partial charge on any atom is 0.264 e. The average molecular weight is 360 g/mol. The van der Waals surface area contributed by atoms with Crippen LogP contribution in [0.3, 0.4) is 0 Å². The fraction of sp³-hybridized carbons (Fsp3) is 0.316. The van der Waals surface area contributed by atoms with Crippen molar-refractivity contribution in [1.29, 1.82) is 0 Å².